The number of nitrogens with one attached hydrogen (secondary N) is 1. The molecule has 132 valence electrons. The van der Waals surface area contributed by atoms with E-state index >= 15 is 0 Å². The molecule has 0 atom stereocenters. The monoisotopic (exact) mass is 348 g/mol. The van der Waals surface area contributed by atoms with E-state index in [9.17, 15) is 4.39 Å². The van der Waals surface area contributed by atoms with Crippen LogP contribution in [0.4, 0.5) is 4.39 Å². The van der Waals surface area contributed by atoms with E-state index in [0.717, 1.165) is 41.9 Å². The molecule has 4 heteroatoms. The van der Waals surface area contributed by atoms with Gasteiger partial charge in [0.25, 0.3) is 0 Å². The molecule has 1 aromatic heterocycles. The molecule has 4 rings (SSSR count). The summed E-state index contributed by atoms with van der Waals surface area (Å²) in [4.78, 5) is 4.32. The fourth-order valence-electron chi connectivity index (χ4n) is 3.33. The number of pyridine rings is 1. The maximum Gasteiger partial charge on any atom is 0.130 e. The third-order valence-electron chi connectivity index (χ3n) is 4.69. The van der Waals surface area contributed by atoms with Crippen molar-refractivity contribution in [3.63, 3.8) is 0 Å². The summed E-state index contributed by atoms with van der Waals surface area (Å²) in [6, 6.07) is 14.9. The van der Waals surface area contributed by atoms with Gasteiger partial charge in [0, 0.05) is 18.3 Å². The van der Waals surface area contributed by atoms with Crippen molar-refractivity contribution in [2.75, 3.05) is 6.54 Å². The summed E-state index contributed by atoms with van der Waals surface area (Å²) in [6.45, 7) is 4.23. The van der Waals surface area contributed by atoms with Gasteiger partial charge in [0.05, 0.1) is 5.69 Å². The first-order valence-electron chi connectivity index (χ1n) is 8.86. The lowest BCUT2D eigenvalue weighted by Crippen LogP contribution is -2.23. The number of benzene rings is 2. The molecule has 26 heavy (non-hydrogen) atoms. The van der Waals surface area contributed by atoms with Crippen LogP contribution in [-0.4, -0.2) is 11.5 Å². The Morgan fingerprint density at radius 1 is 1.08 bits per heavy atom. The first-order valence-corrected chi connectivity index (χ1v) is 8.86. The number of hydrogen-bond donors (Lipinski definition) is 1. The van der Waals surface area contributed by atoms with E-state index in [1.54, 1.807) is 12.3 Å². The zero-order valence-electron chi connectivity index (χ0n) is 14.8. The van der Waals surface area contributed by atoms with Crippen molar-refractivity contribution in [2.24, 2.45) is 0 Å². The Kier molecular flexibility index (Phi) is 4.67. The fraction of sp³-hybridized carbons (Fsp3) is 0.227. The molecule has 2 aromatic carbocycles. The van der Waals surface area contributed by atoms with Crippen LogP contribution in [0.15, 0.2) is 54.7 Å². The van der Waals surface area contributed by atoms with Crippen LogP contribution in [-0.2, 0) is 19.6 Å². The van der Waals surface area contributed by atoms with Gasteiger partial charge < -0.3 is 10.1 Å². The van der Waals surface area contributed by atoms with Crippen LogP contribution < -0.4 is 10.1 Å². The second kappa shape index (κ2) is 7.26. The molecule has 0 unspecified atom stereocenters. The van der Waals surface area contributed by atoms with Crippen LogP contribution in [0.5, 0.6) is 5.75 Å². The number of halogens is 1. The molecule has 0 spiro atoms. The molecular formula is C22H21FN2O. The van der Waals surface area contributed by atoms with Crippen molar-refractivity contribution in [3.8, 4) is 16.9 Å². The molecule has 1 aliphatic heterocycles. The van der Waals surface area contributed by atoms with E-state index in [1.807, 2.05) is 19.1 Å². The van der Waals surface area contributed by atoms with Crippen molar-refractivity contribution >= 4 is 0 Å². The van der Waals surface area contributed by atoms with Gasteiger partial charge in [-0.05, 0) is 78.5 Å². The Balaban J connectivity index is 1.64. The number of aryl methyl sites for hydroxylation is 1. The molecule has 0 fully saturated rings. The Bertz CT molecular complexity index is 939. The van der Waals surface area contributed by atoms with E-state index < -0.39 is 0 Å². The summed E-state index contributed by atoms with van der Waals surface area (Å²) in [7, 11) is 0. The normalized spacial score (nSPS) is 13.3. The first kappa shape index (κ1) is 16.7. The highest BCUT2D eigenvalue weighted by molar-refractivity contribution is 5.71. The van der Waals surface area contributed by atoms with E-state index in [1.165, 1.54) is 23.3 Å². The first-order chi connectivity index (χ1) is 12.7. The number of rotatable bonds is 4. The summed E-state index contributed by atoms with van der Waals surface area (Å²) >= 11 is 0. The zero-order valence-corrected chi connectivity index (χ0v) is 14.8. The van der Waals surface area contributed by atoms with Gasteiger partial charge in [0.1, 0.15) is 18.2 Å². The fourth-order valence-corrected chi connectivity index (χ4v) is 3.33. The van der Waals surface area contributed by atoms with E-state index in [4.69, 9.17) is 4.74 Å². The van der Waals surface area contributed by atoms with Crippen LogP contribution in [0.2, 0.25) is 0 Å². The highest BCUT2D eigenvalue weighted by Gasteiger charge is 2.13. The smallest absolute Gasteiger partial charge is 0.130 e. The topological polar surface area (TPSA) is 34.1 Å². The Morgan fingerprint density at radius 2 is 2.00 bits per heavy atom. The van der Waals surface area contributed by atoms with Gasteiger partial charge in [-0.3, -0.25) is 4.98 Å². The molecule has 2 heterocycles. The minimum Gasteiger partial charge on any atom is -0.487 e. The van der Waals surface area contributed by atoms with Gasteiger partial charge in [-0.15, -0.1) is 0 Å². The predicted molar refractivity (Wildman–Crippen MR) is 101 cm³/mol. The lowest BCUT2D eigenvalue weighted by Gasteiger charge is -2.19. The quantitative estimate of drug-likeness (QED) is 0.758. The van der Waals surface area contributed by atoms with Gasteiger partial charge in [-0.2, -0.15) is 0 Å². The van der Waals surface area contributed by atoms with E-state index in [-0.39, 0.29) is 5.82 Å². The van der Waals surface area contributed by atoms with Crippen molar-refractivity contribution in [2.45, 2.75) is 26.5 Å². The Labute approximate surface area is 152 Å². The van der Waals surface area contributed by atoms with Crippen molar-refractivity contribution in [1.82, 2.24) is 10.3 Å². The molecule has 0 saturated carbocycles. The average molecular weight is 348 g/mol. The van der Waals surface area contributed by atoms with Gasteiger partial charge >= 0.3 is 0 Å². The van der Waals surface area contributed by atoms with Gasteiger partial charge in [0.15, 0.2) is 0 Å². The Morgan fingerprint density at radius 3 is 2.88 bits per heavy atom. The number of aromatic nitrogens is 1. The van der Waals surface area contributed by atoms with Crippen molar-refractivity contribution in [1.29, 1.82) is 0 Å². The third kappa shape index (κ3) is 3.60. The second-order valence-corrected chi connectivity index (χ2v) is 6.66. The predicted octanol–water partition coefficient (Wildman–Crippen LogP) is 4.42. The molecule has 0 saturated heterocycles. The molecule has 3 aromatic rings. The molecule has 0 radical (unpaired) electrons. The minimum absolute atomic E-state index is 0.267. The standard InChI is InChI=1S/C22H21FN2O/c1-15-6-9-25-20(10-15)14-26-22-5-4-19(23)12-21(22)17-3-2-16-7-8-24-13-18(16)11-17/h2-6,9-12,24H,7-8,13-14H2,1H3. The summed E-state index contributed by atoms with van der Waals surface area (Å²) in [6.07, 6.45) is 2.80. The molecule has 0 bridgehead atoms. The number of ether oxygens (including phenoxy) is 1. The van der Waals surface area contributed by atoms with Crippen LogP contribution in [0.3, 0.4) is 0 Å². The summed E-state index contributed by atoms with van der Waals surface area (Å²) in [5, 5.41) is 3.38. The van der Waals surface area contributed by atoms with Gasteiger partial charge in [0.2, 0.25) is 0 Å². The van der Waals surface area contributed by atoms with Crippen LogP contribution >= 0.6 is 0 Å². The summed E-state index contributed by atoms with van der Waals surface area (Å²) in [5.74, 6) is 0.398. The third-order valence-corrected chi connectivity index (χ3v) is 4.69. The molecular weight excluding hydrogens is 327 g/mol. The Hall–Kier alpha value is -2.72. The average Bonchev–Trinajstić information content (AvgIpc) is 2.66. The van der Waals surface area contributed by atoms with Crippen LogP contribution in [0.1, 0.15) is 22.4 Å². The van der Waals surface area contributed by atoms with Gasteiger partial charge in [-0.1, -0.05) is 12.1 Å². The van der Waals surface area contributed by atoms with E-state index in [0.29, 0.717) is 12.4 Å². The molecule has 0 amide bonds. The summed E-state index contributed by atoms with van der Waals surface area (Å²) < 4.78 is 19.9. The molecule has 1 N–H and O–H groups in total. The number of nitrogens with zero attached hydrogens (tertiary/aromatic N) is 1. The zero-order chi connectivity index (χ0) is 17.9. The van der Waals surface area contributed by atoms with E-state index in [2.05, 4.69) is 28.5 Å². The molecule has 3 nitrogen and oxygen atoms in total. The summed E-state index contributed by atoms with van der Waals surface area (Å²) in [5.41, 5.74) is 6.36. The number of fused-ring (bicyclic) bond motifs is 1. The lowest BCUT2D eigenvalue weighted by molar-refractivity contribution is 0.302. The maximum absolute atomic E-state index is 13.9. The highest BCUT2D eigenvalue weighted by atomic mass is 19.1. The van der Waals surface area contributed by atoms with Crippen LogP contribution in [0.25, 0.3) is 11.1 Å². The lowest BCUT2D eigenvalue weighted by atomic mass is 9.95. The molecule has 0 aliphatic carbocycles. The second-order valence-electron chi connectivity index (χ2n) is 6.66. The minimum atomic E-state index is -0.267. The van der Waals surface area contributed by atoms with Crippen molar-refractivity contribution in [3.05, 3.63) is 82.9 Å². The highest BCUT2D eigenvalue weighted by Crippen LogP contribution is 2.33. The number of hydrogen-bond acceptors (Lipinski definition) is 3. The van der Waals surface area contributed by atoms with Crippen LogP contribution in [0, 0.1) is 12.7 Å². The largest absolute Gasteiger partial charge is 0.487 e. The van der Waals surface area contributed by atoms with Crippen molar-refractivity contribution < 1.29 is 9.13 Å². The molecule has 1 aliphatic rings. The van der Waals surface area contributed by atoms with Gasteiger partial charge in [-0.25, -0.2) is 4.39 Å². The SMILES string of the molecule is Cc1ccnc(COc2ccc(F)cc2-c2ccc3c(c2)CNCC3)c1. The maximum atomic E-state index is 13.9.